The van der Waals surface area contributed by atoms with Crippen molar-refractivity contribution in [1.29, 1.82) is 0 Å². The molecular weight excluding hydrogens is 546 g/mol. The Labute approximate surface area is 242 Å². The molecule has 2 amide bonds. The van der Waals surface area contributed by atoms with E-state index in [4.69, 9.17) is 33.7 Å². The van der Waals surface area contributed by atoms with Crippen molar-refractivity contribution in [3.63, 3.8) is 0 Å². The standard InChI is InChI=1S/C21H25Cl2FN4O4.C3H8.2C2H6/c1-11(2)14-9-13(6-7-15(14)30)32-18-16(22)19(24)28-20(17(18)23)27-12(10-29)5-3-4-8-26-21(25)31;1-3-2;2*1-2/h6-7,9-12,30H,3-5,8H2,1-2H3,(H,27,28)(H3,25,26,31);3H2,1-2H3;2*1-2H3. The monoisotopic (exact) mass is 590 g/mol. The number of phenols is 1. The van der Waals surface area contributed by atoms with Crippen LogP contribution in [0.3, 0.4) is 0 Å². The number of primary amides is 1. The van der Waals surface area contributed by atoms with Gasteiger partial charge in [-0.05, 0) is 43.4 Å². The first kappa shape index (κ1) is 38.4. The smallest absolute Gasteiger partial charge is 0.312 e. The number of carbonyl (C=O) groups is 2. The number of nitrogens with one attached hydrogen (secondary N) is 2. The van der Waals surface area contributed by atoms with Crippen molar-refractivity contribution in [3.8, 4) is 17.2 Å². The lowest BCUT2D eigenvalue weighted by Crippen LogP contribution is -2.30. The van der Waals surface area contributed by atoms with Gasteiger partial charge in [0.1, 0.15) is 27.8 Å². The lowest BCUT2D eigenvalue weighted by atomic mass is 10.0. The molecule has 0 saturated carbocycles. The van der Waals surface area contributed by atoms with Gasteiger partial charge in [-0.1, -0.05) is 85.0 Å². The first-order valence-corrected chi connectivity index (χ1v) is 14.1. The van der Waals surface area contributed by atoms with E-state index in [0.29, 0.717) is 43.4 Å². The SMILES string of the molecule is CC.CC.CC(C)c1cc(Oc2c(Cl)c(F)nc(NC(C=O)CCCCNC(N)=O)c2Cl)ccc1O.CCC. The summed E-state index contributed by atoms with van der Waals surface area (Å²) >= 11 is 12.4. The van der Waals surface area contributed by atoms with Crippen LogP contribution in [0.25, 0.3) is 0 Å². The van der Waals surface area contributed by atoms with Gasteiger partial charge in [-0.2, -0.15) is 9.37 Å². The number of carbonyl (C=O) groups excluding carboxylic acids is 2. The number of hydrogen-bond donors (Lipinski definition) is 4. The fraction of sp³-hybridized carbons (Fsp3) is 0.536. The Hall–Kier alpha value is -2.78. The second kappa shape index (κ2) is 22.1. The summed E-state index contributed by atoms with van der Waals surface area (Å²) in [4.78, 5) is 25.8. The average molecular weight is 592 g/mol. The zero-order valence-corrected chi connectivity index (χ0v) is 25.8. The van der Waals surface area contributed by atoms with Crippen LogP contribution in [0.15, 0.2) is 18.2 Å². The Morgan fingerprint density at radius 2 is 1.74 bits per heavy atom. The average Bonchev–Trinajstić information content (AvgIpc) is 2.92. The number of nitrogens with two attached hydrogens (primary N) is 1. The van der Waals surface area contributed by atoms with Gasteiger partial charge in [0.15, 0.2) is 11.6 Å². The molecule has 39 heavy (non-hydrogen) atoms. The molecule has 0 bridgehead atoms. The lowest BCUT2D eigenvalue weighted by Gasteiger charge is -2.18. The maximum atomic E-state index is 14.4. The topological polar surface area (TPSA) is 127 Å². The van der Waals surface area contributed by atoms with Crippen LogP contribution in [-0.4, -0.2) is 35.0 Å². The highest BCUT2D eigenvalue weighted by Crippen LogP contribution is 2.42. The second-order valence-electron chi connectivity index (χ2n) is 8.07. The zero-order valence-electron chi connectivity index (χ0n) is 24.3. The van der Waals surface area contributed by atoms with Gasteiger partial charge in [0.25, 0.3) is 0 Å². The summed E-state index contributed by atoms with van der Waals surface area (Å²) < 4.78 is 20.1. The van der Waals surface area contributed by atoms with Crippen molar-refractivity contribution in [2.24, 2.45) is 5.73 Å². The number of nitrogens with zero attached hydrogens (tertiary/aromatic N) is 1. The van der Waals surface area contributed by atoms with Crippen molar-refractivity contribution in [2.45, 2.75) is 93.0 Å². The molecule has 222 valence electrons. The summed E-state index contributed by atoms with van der Waals surface area (Å²) in [6.07, 6.45) is 3.47. The Morgan fingerprint density at radius 1 is 1.15 bits per heavy atom. The minimum atomic E-state index is -1.02. The highest BCUT2D eigenvalue weighted by Gasteiger charge is 2.22. The first-order chi connectivity index (χ1) is 18.5. The van der Waals surface area contributed by atoms with E-state index in [1.165, 1.54) is 18.6 Å². The number of aldehydes is 1. The molecule has 0 aliphatic rings. The fourth-order valence-electron chi connectivity index (χ4n) is 2.91. The zero-order chi connectivity index (χ0) is 30.5. The lowest BCUT2D eigenvalue weighted by molar-refractivity contribution is -0.108. The van der Waals surface area contributed by atoms with Crippen molar-refractivity contribution in [2.75, 3.05) is 11.9 Å². The Morgan fingerprint density at radius 3 is 2.26 bits per heavy atom. The maximum Gasteiger partial charge on any atom is 0.312 e. The summed E-state index contributed by atoms with van der Waals surface area (Å²) in [7, 11) is 0. The molecule has 0 fully saturated rings. The maximum absolute atomic E-state index is 14.4. The van der Waals surface area contributed by atoms with E-state index in [1.807, 2.05) is 41.5 Å². The predicted molar refractivity (Wildman–Crippen MR) is 160 cm³/mol. The highest BCUT2D eigenvalue weighted by atomic mass is 35.5. The molecule has 5 N–H and O–H groups in total. The van der Waals surface area contributed by atoms with Gasteiger partial charge in [-0.25, -0.2) is 4.79 Å². The van der Waals surface area contributed by atoms with Crippen LogP contribution in [0.4, 0.5) is 15.0 Å². The fourth-order valence-corrected chi connectivity index (χ4v) is 3.36. The van der Waals surface area contributed by atoms with Gasteiger partial charge in [0.05, 0.1) is 6.04 Å². The normalized spacial score (nSPS) is 10.5. The summed E-state index contributed by atoms with van der Waals surface area (Å²) in [5.74, 6) is -0.875. The largest absolute Gasteiger partial charge is 0.508 e. The number of ether oxygens (including phenoxy) is 1. The number of amides is 2. The number of hydrogen-bond acceptors (Lipinski definition) is 6. The quantitative estimate of drug-likeness (QED) is 0.118. The molecule has 0 aliphatic heterocycles. The number of aromatic hydroxyl groups is 1. The molecule has 1 aromatic heterocycles. The number of phenolic OH excluding ortho intramolecular Hbond substituents is 1. The van der Waals surface area contributed by atoms with Crippen LogP contribution < -0.4 is 21.1 Å². The van der Waals surface area contributed by atoms with E-state index in [9.17, 15) is 19.1 Å². The highest BCUT2D eigenvalue weighted by molar-refractivity contribution is 6.38. The number of benzene rings is 1. The van der Waals surface area contributed by atoms with Crippen LogP contribution in [0.2, 0.25) is 10.0 Å². The molecule has 1 atom stereocenters. The van der Waals surface area contributed by atoms with Gasteiger partial charge < -0.3 is 31.0 Å². The summed E-state index contributed by atoms with van der Waals surface area (Å²) in [5.41, 5.74) is 5.63. The van der Waals surface area contributed by atoms with Gasteiger partial charge >= 0.3 is 6.03 Å². The number of rotatable bonds is 11. The van der Waals surface area contributed by atoms with E-state index in [0.717, 1.165) is 0 Å². The number of unbranched alkanes of at least 4 members (excludes halogenated alkanes) is 1. The summed E-state index contributed by atoms with van der Waals surface area (Å²) in [5, 5.41) is 14.7. The molecule has 0 saturated heterocycles. The third kappa shape index (κ3) is 14.3. The van der Waals surface area contributed by atoms with E-state index in [2.05, 4.69) is 29.5 Å². The number of aromatic nitrogens is 1. The summed E-state index contributed by atoms with van der Waals surface area (Å²) in [6, 6.07) is 3.23. The minimum Gasteiger partial charge on any atom is -0.508 e. The number of halogens is 3. The Kier molecular flexibility index (Phi) is 21.7. The third-order valence-electron chi connectivity index (χ3n) is 4.57. The summed E-state index contributed by atoms with van der Waals surface area (Å²) in [6.45, 7) is 16.4. The molecule has 2 aromatic rings. The molecule has 0 spiro atoms. The minimum absolute atomic E-state index is 0.0161. The first-order valence-electron chi connectivity index (χ1n) is 13.4. The third-order valence-corrected chi connectivity index (χ3v) is 5.24. The van der Waals surface area contributed by atoms with E-state index >= 15 is 0 Å². The van der Waals surface area contributed by atoms with Crippen LogP contribution in [-0.2, 0) is 4.79 Å². The van der Waals surface area contributed by atoms with E-state index in [1.54, 1.807) is 6.07 Å². The molecule has 1 unspecified atom stereocenters. The molecule has 8 nitrogen and oxygen atoms in total. The van der Waals surface area contributed by atoms with Crippen LogP contribution in [0.5, 0.6) is 17.2 Å². The number of urea groups is 1. The molecule has 0 radical (unpaired) electrons. The van der Waals surface area contributed by atoms with Crippen LogP contribution in [0, 0.1) is 5.95 Å². The van der Waals surface area contributed by atoms with Crippen molar-refractivity contribution >= 4 is 41.3 Å². The van der Waals surface area contributed by atoms with Gasteiger partial charge in [0.2, 0.25) is 5.95 Å². The molecule has 11 heteroatoms. The predicted octanol–water partition coefficient (Wildman–Crippen LogP) is 8.44. The van der Waals surface area contributed by atoms with Crippen molar-refractivity contribution < 1.29 is 23.8 Å². The van der Waals surface area contributed by atoms with Crippen molar-refractivity contribution in [1.82, 2.24) is 10.3 Å². The molecular formula is C28H45Cl2FN4O4. The van der Waals surface area contributed by atoms with E-state index < -0.39 is 23.0 Å². The van der Waals surface area contributed by atoms with Gasteiger partial charge in [0, 0.05) is 12.1 Å². The molecule has 1 aromatic carbocycles. The molecule has 1 heterocycles. The Bertz CT molecular complexity index is 995. The Balaban J connectivity index is 0. The second-order valence-corrected chi connectivity index (χ2v) is 8.82. The van der Waals surface area contributed by atoms with Crippen LogP contribution in [0.1, 0.15) is 92.6 Å². The van der Waals surface area contributed by atoms with Crippen molar-refractivity contribution in [3.05, 3.63) is 39.8 Å². The number of anilines is 1. The van der Waals surface area contributed by atoms with Crippen LogP contribution >= 0.6 is 23.2 Å². The van der Waals surface area contributed by atoms with E-state index in [-0.39, 0.29) is 28.3 Å². The molecule has 0 aliphatic carbocycles. The van der Waals surface area contributed by atoms with Gasteiger partial charge in [-0.3, -0.25) is 0 Å². The molecule has 2 rings (SSSR count). The number of pyridine rings is 1. The van der Waals surface area contributed by atoms with Gasteiger partial charge in [-0.15, -0.1) is 0 Å².